The molecule has 0 saturated heterocycles. The Hall–Kier alpha value is -3.14. The predicted molar refractivity (Wildman–Crippen MR) is 92.3 cm³/mol. The van der Waals surface area contributed by atoms with E-state index >= 15 is 0 Å². The predicted octanol–water partition coefficient (Wildman–Crippen LogP) is 3.39. The van der Waals surface area contributed by atoms with Crippen LogP contribution < -0.4 is 4.90 Å². The minimum Gasteiger partial charge on any atom is -0.345 e. The van der Waals surface area contributed by atoms with Crippen molar-refractivity contribution in [1.82, 2.24) is 4.57 Å². The highest BCUT2D eigenvalue weighted by molar-refractivity contribution is 6.06. The van der Waals surface area contributed by atoms with Crippen molar-refractivity contribution in [2.75, 3.05) is 4.90 Å². The van der Waals surface area contributed by atoms with Crippen LogP contribution in [0, 0.1) is 21.4 Å². The third-order valence-corrected chi connectivity index (χ3v) is 4.58. The van der Waals surface area contributed by atoms with Crippen molar-refractivity contribution in [2.45, 2.75) is 31.7 Å². The maximum absolute atomic E-state index is 13.2. The van der Waals surface area contributed by atoms with E-state index in [1.807, 2.05) is 6.07 Å². The lowest BCUT2D eigenvalue weighted by Gasteiger charge is -2.29. The van der Waals surface area contributed by atoms with Gasteiger partial charge in [0.1, 0.15) is 11.8 Å². The second-order valence-electron chi connectivity index (χ2n) is 6.23. The summed E-state index contributed by atoms with van der Waals surface area (Å²) >= 11 is 0. The SMILES string of the molecule is Cn1cc(C#N)cc1C(=O)N(c1cccc([N+](=O)[O-])c1)C1CCCC1. The van der Waals surface area contributed by atoms with E-state index in [4.69, 9.17) is 5.26 Å². The molecule has 0 N–H and O–H groups in total. The number of carbonyl (C=O) groups excluding carboxylic acids is 1. The van der Waals surface area contributed by atoms with Crippen molar-refractivity contribution in [3.8, 4) is 6.07 Å². The number of hydrogen-bond acceptors (Lipinski definition) is 4. The molecule has 0 spiro atoms. The summed E-state index contributed by atoms with van der Waals surface area (Å²) in [6.45, 7) is 0. The summed E-state index contributed by atoms with van der Waals surface area (Å²) in [5.74, 6) is -0.239. The number of non-ortho nitro benzene ring substituents is 1. The Labute approximate surface area is 145 Å². The van der Waals surface area contributed by atoms with Crippen molar-refractivity contribution in [2.24, 2.45) is 7.05 Å². The molecule has 25 heavy (non-hydrogen) atoms. The number of anilines is 1. The molecule has 2 aromatic rings. The van der Waals surface area contributed by atoms with Gasteiger partial charge in [-0.2, -0.15) is 5.26 Å². The lowest BCUT2D eigenvalue weighted by Crippen LogP contribution is -2.39. The zero-order chi connectivity index (χ0) is 18.0. The molecule has 0 atom stereocenters. The molecule has 1 aromatic heterocycles. The van der Waals surface area contributed by atoms with Gasteiger partial charge in [-0.25, -0.2) is 0 Å². The fraction of sp³-hybridized carbons (Fsp3) is 0.333. The molecule has 1 fully saturated rings. The average molecular weight is 338 g/mol. The first-order valence-corrected chi connectivity index (χ1v) is 8.15. The summed E-state index contributed by atoms with van der Waals surface area (Å²) in [5.41, 5.74) is 1.29. The van der Waals surface area contributed by atoms with Gasteiger partial charge in [0.25, 0.3) is 11.6 Å². The Morgan fingerprint density at radius 1 is 1.36 bits per heavy atom. The van der Waals surface area contributed by atoms with E-state index in [1.165, 1.54) is 12.1 Å². The van der Waals surface area contributed by atoms with Gasteiger partial charge >= 0.3 is 0 Å². The van der Waals surface area contributed by atoms with Gasteiger partial charge in [-0.3, -0.25) is 14.9 Å². The molecule has 1 heterocycles. The van der Waals surface area contributed by atoms with Crippen LogP contribution in [0.3, 0.4) is 0 Å². The summed E-state index contributed by atoms with van der Waals surface area (Å²) in [5, 5.41) is 20.2. The zero-order valence-corrected chi connectivity index (χ0v) is 13.9. The molecular weight excluding hydrogens is 320 g/mol. The van der Waals surface area contributed by atoms with Gasteiger partial charge in [0.2, 0.25) is 0 Å². The number of amides is 1. The van der Waals surface area contributed by atoms with Crippen molar-refractivity contribution < 1.29 is 9.72 Å². The topological polar surface area (TPSA) is 92.2 Å². The Morgan fingerprint density at radius 3 is 2.68 bits per heavy atom. The van der Waals surface area contributed by atoms with Gasteiger partial charge in [0.05, 0.1) is 16.2 Å². The minimum atomic E-state index is -0.461. The summed E-state index contributed by atoms with van der Waals surface area (Å²) in [6, 6.07) is 9.76. The van der Waals surface area contributed by atoms with Crippen LogP contribution >= 0.6 is 0 Å². The largest absolute Gasteiger partial charge is 0.345 e. The molecule has 0 unspecified atom stereocenters. The molecular formula is C18H18N4O3. The third-order valence-electron chi connectivity index (χ3n) is 4.58. The number of aryl methyl sites for hydroxylation is 1. The third kappa shape index (κ3) is 3.24. The lowest BCUT2D eigenvalue weighted by atomic mass is 10.1. The van der Waals surface area contributed by atoms with Crippen LogP contribution in [-0.4, -0.2) is 21.4 Å². The van der Waals surface area contributed by atoms with E-state index in [2.05, 4.69) is 0 Å². The number of aromatic nitrogens is 1. The van der Waals surface area contributed by atoms with Crippen LogP contribution in [0.5, 0.6) is 0 Å². The molecule has 1 saturated carbocycles. The number of nitriles is 1. The van der Waals surface area contributed by atoms with Crippen molar-refractivity contribution >= 4 is 17.3 Å². The highest BCUT2D eigenvalue weighted by Gasteiger charge is 2.31. The van der Waals surface area contributed by atoms with Crippen molar-refractivity contribution in [3.63, 3.8) is 0 Å². The quantitative estimate of drug-likeness (QED) is 0.631. The average Bonchev–Trinajstić information content (AvgIpc) is 3.25. The Morgan fingerprint density at radius 2 is 2.08 bits per heavy atom. The number of nitro benzene ring substituents is 1. The highest BCUT2D eigenvalue weighted by atomic mass is 16.6. The smallest absolute Gasteiger partial charge is 0.275 e. The van der Waals surface area contributed by atoms with Gasteiger partial charge in [-0.1, -0.05) is 18.9 Å². The van der Waals surface area contributed by atoms with Crippen molar-refractivity contribution in [1.29, 1.82) is 5.26 Å². The van der Waals surface area contributed by atoms with E-state index in [9.17, 15) is 14.9 Å². The first-order valence-electron chi connectivity index (χ1n) is 8.15. The monoisotopic (exact) mass is 338 g/mol. The summed E-state index contributed by atoms with van der Waals surface area (Å²) in [4.78, 5) is 25.5. The molecule has 1 aliphatic rings. The Balaban J connectivity index is 2.04. The number of benzene rings is 1. The van der Waals surface area contributed by atoms with Gasteiger partial charge in [-0.05, 0) is 25.0 Å². The van der Waals surface area contributed by atoms with Gasteiger partial charge < -0.3 is 9.47 Å². The normalized spacial score (nSPS) is 14.2. The zero-order valence-electron chi connectivity index (χ0n) is 13.9. The van der Waals surface area contributed by atoms with E-state index in [-0.39, 0.29) is 17.6 Å². The second kappa shape index (κ2) is 6.77. The van der Waals surface area contributed by atoms with Crippen LogP contribution in [0.2, 0.25) is 0 Å². The van der Waals surface area contributed by atoms with E-state index in [1.54, 1.807) is 40.9 Å². The van der Waals surface area contributed by atoms with E-state index < -0.39 is 4.92 Å². The Bertz CT molecular complexity index is 859. The van der Waals surface area contributed by atoms with Crippen molar-refractivity contribution in [3.05, 3.63) is 57.9 Å². The second-order valence-corrected chi connectivity index (χ2v) is 6.23. The Kier molecular flexibility index (Phi) is 4.52. The molecule has 1 amide bonds. The first kappa shape index (κ1) is 16.7. The van der Waals surface area contributed by atoms with E-state index in [0.29, 0.717) is 16.9 Å². The minimum absolute atomic E-state index is 0.00920. The van der Waals surface area contributed by atoms with Crippen LogP contribution in [0.1, 0.15) is 41.7 Å². The number of carbonyl (C=O) groups is 1. The van der Waals surface area contributed by atoms with Gasteiger partial charge in [0.15, 0.2) is 0 Å². The number of rotatable bonds is 4. The van der Waals surface area contributed by atoms with Crippen LogP contribution in [0.25, 0.3) is 0 Å². The maximum Gasteiger partial charge on any atom is 0.275 e. The molecule has 0 bridgehead atoms. The molecule has 1 aromatic carbocycles. The van der Waals surface area contributed by atoms with Gasteiger partial charge in [-0.15, -0.1) is 0 Å². The number of nitrogens with zero attached hydrogens (tertiary/aromatic N) is 4. The lowest BCUT2D eigenvalue weighted by molar-refractivity contribution is -0.384. The summed E-state index contributed by atoms with van der Waals surface area (Å²) in [6.07, 6.45) is 5.39. The number of nitro groups is 1. The first-order chi connectivity index (χ1) is 12.0. The van der Waals surface area contributed by atoms with Crippen LogP contribution in [0.15, 0.2) is 36.5 Å². The molecule has 7 nitrogen and oxygen atoms in total. The van der Waals surface area contributed by atoms with Crippen LogP contribution in [-0.2, 0) is 7.05 Å². The van der Waals surface area contributed by atoms with Crippen LogP contribution in [0.4, 0.5) is 11.4 Å². The highest BCUT2D eigenvalue weighted by Crippen LogP contribution is 2.31. The van der Waals surface area contributed by atoms with E-state index in [0.717, 1.165) is 25.7 Å². The molecule has 128 valence electrons. The standard InChI is InChI=1S/C18H18N4O3/c1-20-12-13(11-19)9-17(20)18(23)21(14-5-2-3-6-14)15-7-4-8-16(10-15)22(24)25/h4,7-10,12,14H,2-3,5-6H2,1H3. The maximum atomic E-state index is 13.2. The number of hydrogen-bond donors (Lipinski definition) is 0. The fourth-order valence-electron chi connectivity index (χ4n) is 3.37. The molecule has 3 rings (SSSR count). The summed E-state index contributed by atoms with van der Waals surface area (Å²) in [7, 11) is 1.72. The van der Waals surface area contributed by atoms with Gasteiger partial charge in [0, 0.05) is 31.4 Å². The molecule has 1 aliphatic carbocycles. The summed E-state index contributed by atoms with van der Waals surface area (Å²) < 4.78 is 1.63. The molecule has 0 aliphatic heterocycles. The fourth-order valence-corrected chi connectivity index (χ4v) is 3.37. The molecule has 0 radical (unpaired) electrons. The molecule has 7 heteroatoms.